The molecule has 1 aliphatic heterocycles. The van der Waals surface area contributed by atoms with Crippen molar-refractivity contribution in [3.05, 3.63) is 69.5 Å². The maximum Gasteiger partial charge on any atom is 0.251 e. The molecule has 2 fully saturated rings. The third-order valence-corrected chi connectivity index (χ3v) is 6.92. The van der Waals surface area contributed by atoms with Crippen molar-refractivity contribution in [2.24, 2.45) is 5.92 Å². The van der Waals surface area contributed by atoms with Crippen LogP contribution in [-0.4, -0.2) is 41.9 Å². The molecule has 7 heteroatoms. The van der Waals surface area contributed by atoms with Gasteiger partial charge in [0.2, 0.25) is 5.91 Å². The number of nitrogens with zero attached hydrogens (tertiary/aromatic N) is 1. The van der Waals surface area contributed by atoms with Gasteiger partial charge in [-0.3, -0.25) is 9.59 Å². The largest absolute Gasteiger partial charge is 0.348 e. The Morgan fingerprint density at radius 3 is 2.69 bits per heavy atom. The molecule has 2 unspecified atom stereocenters. The number of halogens is 2. The second kappa shape index (κ2) is 9.59. The fourth-order valence-electron chi connectivity index (χ4n) is 4.33. The van der Waals surface area contributed by atoms with Crippen LogP contribution in [0.3, 0.4) is 0 Å². The Bertz CT molecular complexity index is 1020. The normalized spacial score (nSPS) is 20.6. The summed E-state index contributed by atoms with van der Waals surface area (Å²) >= 11 is 5.84. The van der Waals surface area contributed by atoms with E-state index in [0.717, 1.165) is 24.9 Å². The van der Waals surface area contributed by atoms with E-state index in [1.165, 1.54) is 29.3 Å². The van der Waals surface area contributed by atoms with Gasteiger partial charge in [0.1, 0.15) is 5.82 Å². The van der Waals surface area contributed by atoms with Gasteiger partial charge < -0.3 is 15.5 Å². The standard InChI is InChI=1S/C25H29ClFN3O2/c1-15-4-3-5-18(16(15)2)14-30(19-7-8-19)25(32)20-13-28-11-10-23(20)29-24(31)17-6-9-22(27)21(26)12-17/h3-6,9,12,19-20,23,28H,7-8,10-11,13-14H2,1-2H3,(H,29,31). The first-order chi connectivity index (χ1) is 15.3. The van der Waals surface area contributed by atoms with Gasteiger partial charge in [0, 0.05) is 30.7 Å². The van der Waals surface area contributed by atoms with Crippen LogP contribution in [0.5, 0.6) is 0 Å². The lowest BCUT2D eigenvalue weighted by molar-refractivity contribution is -0.138. The van der Waals surface area contributed by atoms with Crippen LogP contribution in [0.1, 0.15) is 46.3 Å². The molecule has 0 spiro atoms. The molecule has 1 saturated heterocycles. The van der Waals surface area contributed by atoms with E-state index < -0.39 is 5.82 Å². The van der Waals surface area contributed by atoms with E-state index in [1.54, 1.807) is 0 Å². The van der Waals surface area contributed by atoms with E-state index in [1.807, 2.05) is 11.0 Å². The van der Waals surface area contributed by atoms with Crippen molar-refractivity contribution in [2.45, 2.75) is 51.7 Å². The van der Waals surface area contributed by atoms with Crippen molar-refractivity contribution in [1.82, 2.24) is 15.5 Å². The van der Waals surface area contributed by atoms with Crippen LogP contribution < -0.4 is 10.6 Å². The van der Waals surface area contributed by atoms with Crippen LogP contribution in [0.15, 0.2) is 36.4 Å². The summed E-state index contributed by atoms with van der Waals surface area (Å²) < 4.78 is 13.5. The Balaban J connectivity index is 1.51. The summed E-state index contributed by atoms with van der Waals surface area (Å²) in [6.07, 6.45) is 2.68. The maximum absolute atomic E-state index is 13.7. The molecule has 32 heavy (non-hydrogen) atoms. The smallest absolute Gasteiger partial charge is 0.251 e. The van der Waals surface area contributed by atoms with Crippen LogP contribution >= 0.6 is 11.6 Å². The van der Waals surface area contributed by atoms with Gasteiger partial charge in [-0.2, -0.15) is 0 Å². The van der Waals surface area contributed by atoms with Gasteiger partial charge in [-0.15, -0.1) is 0 Å². The highest BCUT2D eigenvalue weighted by Gasteiger charge is 2.40. The number of rotatable bonds is 6. The molecule has 1 saturated carbocycles. The van der Waals surface area contributed by atoms with Crippen molar-refractivity contribution in [2.75, 3.05) is 13.1 Å². The van der Waals surface area contributed by atoms with Crippen LogP contribution in [0.2, 0.25) is 5.02 Å². The number of nitrogens with one attached hydrogen (secondary N) is 2. The zero-order chi connectivity index (χ0) is 22.8. The average molecular weight is 458 g/mol. The molecule has 2 atom stereocenters. The summed E-state index contributed by atoms with van der Waals surface area (Å²) in [5.74, 6) is -1.19. The van der Waals surface area contributed by atoms with E-state index in [-0.39, 0.29) is 40.4 Å². The van der Waals surface area contributed by atoms with E-state index in [9.17, 15) is 14.0 Å². The molecule has 1 heterocycles. The molecule has 1 aliphatic carbocycles. The van der Waals surface area contributed by atoms with Crippen molar-refractivity contribution in [3.63, 3.8) is 0 Å². The lowest BCUT2D eigenvalue weighted by Gasteiger charge is -2.36. The molecule has 2 amide bonds. The lowest BCUT2D eigenvalue weighted by atomic mass is 9.91. The monoisotopic (exact) mass is 457 g/mol. The second-order valence-corrected chi connectivity index (χ2v) is 9.27. The van der Waals surface area contributed by atoms with Gasteiger partial charge in [-0.1, -0.05) is 29.8 Å². The number of piperidine rings is 1. The Labute approximate surface area is 193 Å². The summed E-state index contributed by atoms with van der Waals surface area (Å²) in [4.78, 5) is 28.5. The number of amides is 2. The minimum atomic E-state index is -0.565. The second-order valence-electron chi connectivity index (χ2n) is 8.86. The van der Waals surface area contributed by atoms with Crippen molar-refractivity contribution < 1.29 is 14.0 Å². The summed E-state index contributed by atoms with van der Waals surface area (Å²) in [6, 6.07) is 10.1. The number of benzene rings is 2. The van der Waals surface area contributed by atoms with Crippen LogP contribution in [-0.2, 0) is 11.3 Å². The van der Waals surface area contributed by atoms with E-state index >= 15 is 0 Å². The maximum atomic E-state index is 13.7. The average Bonchev–Trinajstić information content (AvgIpc) is 3.62. The minimum Gasteiger partial charge on any atom is -0.348 e. The molecule has 2 N–H and O–H groups in total. The van der Waals surface area contributed by atoms with E-state index in [0.29, 0.717) is 19.5 Å². The fraction of sp³-hybridized carbons (Fsp3) is 0.440. The Kier molecular flexibility index (Phi) is 6.82. The Morgan fingerprint density at radius 1 is 1.19 bits per heavy atom. The first kappa shape index (κ1) is 22.7. The summed E-state index contributed by atoms with van der Waals surface area (Å²) in [5, 5.41) is 6.21. The first-order valence-corrected chi connectivity index (χ1v) is 11.5. The Morgan fingerprint density at radius 2 is 1.97 bits per heavy atom. The number of hydrogen-bond acceptors (Lipinski definition) is 3. The van der Waals surface area contributed by atoms with E-state index in [2.05, 4.69) is 36.6 Å². The summed E-state index contributed by atoms with van der Waals surface area (Å²) in [7, 11) is 0. The lowest BCUT2D eigenvalue weighted by Crippen LogP contribution is -2.55. The van der Waals surface area contributed by atoms with Crippen molar-refractivity contribution in [3.8, 4) is 0 Å². The highest BCUT2D eigenvalue weighted by Crippen LogP contribution is 2.32. The first-order valence-electron chi connectivity index (χ1n) is 11.2. The summed E-state index contributed by atoms with van der Waals surface area (Å²) in [5.41, 5.74) is 3.88. The van der Waals surface area contributed by atoms with Crippen LogP contribution in [0, 0.1) is 25.6 Å². The minimum absolute atomic E-state index is 0.0723. The molecule has 0 bridgehead atoms. The quantitative estimate of drug-likeness (QED) is 0.689. The zero-order valence-electron chi connectivity index (χ0n) is 18.5. The molecule has 2 aromatic carbocycles. The highest BCUT2D eigenvalue weighted by molar-refractivity contribution is 6.31. The number of carbonyl (C=O) groups is 2. The van der Waals surface area contributed by atoms with Crippen molar-refractivity contribution in [1.29, 1.82) is 0 Å². The highest BCUT2D eigenvalue weighted by atomic mass is 35.5. The fourth-order valence-corrected chi connectivity index (χ4v) is 4.51. The van der Waals surface area contributed by atoms with Crippen LogP contribution in [0.25, 0.3) is 0 Å². The SMILES string of the molecule is Cc1cccc(CN(C(=O)C2CNCCC2NC(=O)c2ccc(F)c(Cl)c2)C2CC2)c1C. The molecule has 2 aliphatic rings. The predicted octanol–water partition coefficient (Wildman–Crippen LogP) is 4.00. The van der Waals surface area contributed by atoms with Gasteiger partial charge >= 0.3 is 0 Å². The molecular weight excluding hydrogens is 429 g/mol. The molecule has 4 rings (SSSR count). The number of aryl methyl sites for hydroxylation is 1. The topological polar surface area (TPSA) is 61.4 Å². The number of hydrogen-bond donors (Lipinski definition) is 2. The third-order valence-electron chi connectivity index (χ3n) is 6.63. The van der Waals surface area contributed by atoms with Crippen LogP contribution in [0.4, 0.5) is 4.39 Å². The zero-order valence-corrected chi connectivity index (χ0v) is 19.2. The molecule has 2 aromatic rings. The van der Waals surface area contributed by atoms with E-state index in [4.69, 9.17) is 11.6 Å². The van der Waals surface area contributed by atoms with Gasteiger partial charge in [0.25, 0.3) is 5.91 Å². The van der Waals surface area contributed by atoms with Gasteiger partial charge in [-0.25, -0.2) is 4.39 Å². The predicted molar refractivity (Wildman–Crippen MR) is 123 cm³/mol. The number of carbonyl (C=O) groups excluding carboxylic acids is 2. The van der Waals surface area contributed by atoms with Gasteiger partial charge in [0.15, 0.2) is 0 Å². The molecule has 0 aromatic heterocycles. The Hall–Kier alpha value is -2.44. The molecule has 0 radical (unpaired) electrons. The molecular formula is C25H29ClFN3O2. The van der Waals surface area contributed by atoms with Gasteiger partial charge in [-0.05, 0) is 74.5 Å². The van der Waals surface area contributed by atoms with Crippen molar-refractivity contribution >= 4 is 23.4 Å². The third kappa shape index (κ3) is 4.97. The van der Waals surface area contributed by atoms with Gasteiger partial charge in [0.05, 0.1) is 10.9 Å². The molecule has 170 valence electrons. The summed E-state index contributed by atoms with van der Waals surface area (Å²) in [6.45, 7) is 6.00. The molecule has 5 nitrogen and oxygen atoms in total.